The molecule has 1 unspecified atom stereocenters. The summed E-state index contributed by atoms with van der Waals surface area (Å²) in [6.07, 6.45) is -0.354. The molecule has 1 aliphatic rings. The van der Waals surface area contributed by atoms with Crippen LogP contribution in [0, 0.1) is 0 Å². The van der Waals surface area contributed by atoms with Gasteiger partial charge in [0.2, 0.25) is 10.0 Å². The molecule has 1 saturated heterocycles. The smallest absolute Gasteiger partial charge is 0.335 e. The van der Waals surface area contributed by atoms with Gasteiger partial charge in [0.15, 0.2) is 0 Å². The van der Waals surface area contributed by atoms with Crippen molar-refractivity contribution in [3.05, 3.63) is 23.8 Å². The number of carbonyl (C=O) groups is 1. The second-order valence-corrected chi connectivity index (χ2v) is 6.21. The van der Waals surface area contributed by atoms with Crippen molar-refractivity contribution in [3.63, 3.8) is 0 Å². The van der Waals surface area contributed by atoms with Crippen molar-refractivity contribution in [1.82, 2.24) is 4.72 Å². The molecule has 1 atom stereocenters. The summed E-state index contributed by atoms with van der Waals surface area (Å²) < 4.78 is 37.2. The average Bonchev–Trinajstić information content (AvgIpc) is 2.46. The number of nitrogens with one attached hydrogen (secondary N) is 1. The van der Waals surface area contributed by atoms with Crippen LogP contribution in [0.4, 0.5) is 5.69 Å². The number of benzene rings is 1. The van der Waals surface area contributed by atoms with Crippen LogP contribution in [0.15, 0.2) is 23.1 Å². The van der Waals surface area contributed by atoms with Crippen LogP contribution in [0.5, 0.6) is 0 Å². The first-order valence-corrected chi connectivity index (χ1v) is 7.70. The van der Waals surface area contributed by atoms with E-state index in [1.165, 1.54) is 12.1 Å². The number of nitrogens with two attached hydrogens (primary N) is 1. The lowest BCUT2D eigenvalue weighted by Crippen LogP contribution is -2.39. The normalized spacial score (nSPS) is 19.3. The van der Waals surface area contributed by atoms with Crippen LogP contribution >= 0.6 is 0 Å². The van der Waals surface area contributed by atoms with E-state index >= 15 is 0 Å². The second-order valence-electron chi connectivity index (χ2n) is 4.48. The zero-order valence-corrected chi connectivity index (χ0v) is 11.9. The van der Waals surface area contributed by atoms with E-state index in [2.05, 4.69) is 4.72 Å². The highest BCUT2D eigenvalue weighted by Gasteiger charge is 2.22. The SMILES string of the molecule is Nc1cc(C(=O)O)ccc1S(=O)(=O)NCC1COCCO1. The van der Waals surface area contributed by atoms with E-state index in [0.717, 1.165) is 6.07 Å². The van der Waals surface area contributed by atoms with Crippen molar-refractivity contribution in [1.29, 1.82) is 0 Å². The van der Waals surface area contributed by atoms with Gasteiger partial charge in [0.25, 0.3) is 0 Å². The van der Waals surface area contributed by atoms with Crippen LogP contribution < -0.4 is 10.5 Å². The van der Waals surface area contributed by atoms with E-state index < -0.39 is 16.0 Å². The Morgan fingerprint density at radius 2 is 2.19 bits per heavy atom. The number of carboxylic acid groups (broad SMARTS) is 1. The first kappa shape index (κ1) is 15.7. The summed E-state index contributed by atoms with van der Waals surface area (Å²) in [5, 5.41) is 8.83. The first-order valence-electron chi connectivity index (χ1n) is 6.22. The minimum atomic E-state index is -3.84. The van der Waals surface area contributed by atoms with Gasteiger partial charge in [-0.05, 0) is 18.2 Å². The number of carboxylic acids is 1. The molecule has 1 heterocycles. The average molecular weight is 316 g/mol. The maximum atomic E-state index is 12.1. The highest BCUT2D eigenvalue weighted by Crippen LogP contribution is 2.19. The molecule has 4 N–H and O–H groups in total. The van der Waals surface area contributed by atoms with E-state index in [-0.39, 0.29) is 28.8 Å². The van der Waals surface area contributed by atoms with Crippen LogP contribution in [0.25, 0.3) is 0 Å². The first-order chi connectivity index (χ1) is 9.90. The van der Waals surface area contributed by atoms with Gasteiger partial charge in [-0.15, -0.1) is 0 Å². The van der Waals surface area contributed by atoms with E-state index in [4.69, 9.17) is 20.3 Å². The van der Waals surface area contributed by atoms with E-state index in [0.29, 0.717) is 19.8 Å². The van der Waals surface area contributed by atoms with Gasteiger partial charge >= 0.3 is 5.97 Å². The van der Waals surface area contributed by atoms with Gasteiger partial charge in [0.1, 0.15) is 4.90 Å². The monoisotopic (exact) mass is 316 g/mol. The number of nitrogen functional groups attached to an aromatic ring is 1. The fraction of sp³-hybridized carbons (Fsp3) is 0.417. The van der Waals surface area contributed by atoms with Gasteiger partial charge in [0, 0.05) is 6.54 Å². The summed E-state index contributed by atoms with van der Waals surface area (Å²) in [6, 6.07) is 3.46. The molecule has 0 amide bonds. The number of aromatic carboxylic acids is 1. The van der Waals surface area contributed by atoms with Crippen LogP contribution in [0.3, 0.4) is 0 Å². The Bertz CT molecular complexity index is 625. The predicted octanol–water partition coefficient (Wildman–Crippen LogP) is -0.339. The Hall–Kier alpha value is -1.68. The van der Waals surface area contributed by atoms with Crippen molar-refractivity contribution in [3.8, 4) is 0 Å². The Kier molecular flexibility index (Phi) is 4.78. The molecule has 116 valence electrons. The lowest BCUT2D eigenvalue weighted by molar-refractivity contribution is -0.0846. The Balaban J connectivity index is 2.10. The molecule has 0 aliphatic carbocycles. The third-order valence-corrected chi connectivity index (χ3v) is 4.43. The molecule has 1 aromatic carbocycles. The fourth-order valence-corrected chi connectivity index (χ4v) is 3.04. The molecule has 1 aliphatic heterocycles. The Morgan fingerprint density at radius 1 is 1.43 bits per heavy atom. The lowest BCUT2D eigenvalue weighted by Gasteiger charge is -2.23. The molecule has 0 aromatic heterocycles. The highest BCUT2D eigenvalue weighted by molar-refractivity contribution is 7.89. The summed E-state index contributed by atoms with van der Waals surface area (Å²) in [6.45, 7) is 1.28. The van der Waals surface area contributed by atoms with Gasteiger partial charge < -0.3 is 20.3 Å². The molecular weight excluding hydrogens is 300 g/mol. The summed E-state index contributed by atoms with van der Waals surface area (Å²) in [4.78, 5) is 10.6. The van der Waals surface area contributed by atoms with Crippen LogP contribution in [-0.4, -0.2) is 52.0 Å². The van der Waals surface area contributed by atoms with Gasteiger partial charge in [-0.25, -0.2) is 17.9 Å². The number of hydrogen-bond donors (Lipinski definition) is 3. The molecule has 1 aromatic rings. The largest absolute Gasteiger partial charge is 0.478 e. The molecular formula is C12H16N2O6S. The maximum absolute atomic E-state index is 12.1. The molecule has 9 heteroatoms. The van der Waals surface area contributed by atoms with Gasteiger partial charge in [0.05, 0.1) is 37.2 Å². The minimum absolute atomic E-state index is 0.0580. The summed E-state index contributed by atoms with van der Waals surface area (Å²) in [5.74, 6) is -1.17. The topological polar surface area (TPSA) is 128 Å². The molecule has 0 bridgehead atoms. The predicted molar refractivity (Wildman–Crippen MR) is 73.6 cm³/mol. The number of ether oxygens (including phenoxy) is 2. The van der Waals surface area contributed by atoms with Gasteiger partial charge in [-0.1, -0.05) is 0 Å². The number of hydrogen-bond acceptors (Lipinski definition) is 6. The molecule has 0 spiro atoms. The summed E-state index contributed by atoms with van der Waals surface area (Å²) in [5.41, 5.74) is 5.42. The fourth-order valence-electron chi connectivity index (χ4n) is 1.86. The van der Waals surface area contributed by atoms with Crippen molar-refractivity contribution < 1.29 is 27.8 Å². The lowest BCUT2D eigenvalue weighted by atomic mass is 10.2. The molecule has 0 saturated carbocycles. The maximum Gasteiger partial charge on any atom is 0.335 e. The van der Waals surface area contributed by atoms with Crippen LogP contribution in [-0.2, 0) is 19.5 Å². The third kappa shape index (κ3) is 3.91. The van der Waals surface area contributed by atoms with Crippen molar-refractivity contribution in [2.45, 2.75) is 11.0 Å². The standard InChI is InChI=1S/C12H16N2O6S/c13-10-5-8(12(15)16)1-2-11(10)21(17,18)14-6-9-7-19-3-4-20-9/h1-2,5,9,14H,3-4,6-7,13H2,(H,15,16). The zero-order chi connectivity index (χ0) is 15.5. The summed E-state index contributed by atoms with van der Waals surface area (Å²) in [7, 11) is -3.84. The van der Waals surface area contributed by atoms with E-state index in [1.54, 1.807) is 0 Å². The summed E-state index contributed by atoms with van der Waals surface area (Å²) >= 11 is 0. The number of rotatable bonds is 5. The highest BCUT2D eigenvalue weighted by atomic mass is 32.2. The molecule has 1 fully saturated rings. The van der Waals surface area contributed by atoms with E-state index in [1.807, 2.05) is 0 Å². The molecule has 2 rings (SSSR count). The van der Waals surface area contributed by atoms with Crippen molar-refractivity contribution in [2.24, 2.45) is 0 Å². The second kappa shape index (κ2) is 6.39. The molecule has 8 nitrogen and oxygen atoms in total. The van der Waals surface area contributed by atoms with Crippen LogP contribution in [0.1, 0.15) is 10.4 Å². The molecule has 21 heavy (non-hydrogen) atoms. The van der Waals surface area contributed by atoms with Crippen LogP contribution in [0.2, 0.25) is 0 Å². The van der Waals surface area contributed by atoms with Crippen molar-refractivity contribution >= 4 is 21.7 Å². The number of sulfonamides is 1. The van der Waals surface area contributed by atoms with Gasteiger partial charge in [-0.3, -0.25) is 0 Å². The third-order valence-electron chi connectivity index (χ3n) is 2.93. The van der Waals surface area contributed by atoms with Crippen molar-refractivity contribution in [2.75, 3.05) is 32.1 Å². The number of anilines is 1. The minimum Gasteiger partial charge on any atom is -0.478 e. The quantitative estimate of drug-likeness (QED) is 0.634. The molecule has 0 radical (unpaired) electrons. The Labute approximate surface area is 121 Å². The zero-order valence-electron chi connectivity index (χ0n) is 11.1. The van der Waals surface area contributed by atoms with E-state index in [9.17, 15) is 13.2 Å². The Morgan fingerprint density at radius 3 is 2.76 bits per heavy atom. The van der Waals surface area contributed by atoms with Gasteiger partial charge in [-0.2, -0.15) is 0 Å².